The maximum absolute atomic E-state index is 5.54. The largest absolute Gasteiger partial charge is 0.381 e. The van der Waals surface area contributed by atoms with Crippen molar-refractivity contribution in [1.29, 1.82) is 0 Å². The molecule has 0 aromatic carbocycles. The van der Waals surface area contributed by atoms with Crippen LogP contribution in [0.15, 0.2) is 0 Å². The second-order valence-electron chi connectivity index (χ2n) is 5.15. The van der Waals surface area contributed by atoms with Gasteiger partial charge in [-0.1, -0.05) is 19.8 Å². The molecule has 0 amide bonds. The summed E-state index contributed by atoms with van der Waals surface area (Å²) >= 11 is 0. The highest BCUT2D eigenvalue weighted by Gasteiger charge is 2.32. The molecule has 2 fully saturated rings. The Morgan fingerprint density at radius 1 is 1.20 bits per heavy atom. The third-order valence-corrected chi connectivity index (χ3v) is 4.01. The van der Waals surface area contributed by atoms with Crippen LogP contribution in [-0.4, -0.2) is 25.8 Å². The van der Waals surface area contributed by atoms with Gasteiger partial charge in [0.15, 0.2) is 0 Å². The van der Waals surface area contributed by atoms with Crippen molar-refractivity contribution in [1.82, 2.24) is 5.32 Å². The van der Waals surface area contributed by atoms with Crippen molar-refractivity contribution in [3.63, 3.8) is 0 Å². The van der Waals surface area contributed by atoms with Crippen molar-refractivity contribution in [2.24, 2.45) is 11.8 Å². The van der Waals surface area contributed by atoms with Gasteiger partial charge in [0.25, 0.3) is 0 Å². The fourth-order valence-electron chi connectivity index (χ4n) is 3.18. The summed E-state index contributed by atoms with van der Waals surface area (Å²) in [6.45, 7) is 5.42. The zero-order valence-electron chi connectivity index (χ0n) is 10.0. The summed E-state index contributed by atoms with van der Waals surface area (Å²) in [7, 11) is 0. The molecule has 1 aliphatic heterocycles. The van der Waals surface area contributed by atoms with E-state index < -0.39 is 0 Å². The molecule has 2 rings (SSSR count). The molecule has 2 aliphatic rings. The topological polar surface area (TPSA) is 21.3 Å². The van der Waals surface area contributed by atoms with Gasteiger partial charge in [-0.15, -0.1) is 0 Å². The van der Waals surface area contributed by atoms with Crippen LogP contribution in [0.5, 0.6) is 0 Å². The Labute approximate surface area is 93.8 Å². The van der Waals surface area contributed by atoms with Gasteiger partial charge in [-0.2, -0.15) is 0 Å². The number of hydrogen-bond acceptors (Lipinski definition) is 2. The van der Waals surface area contributed by atoms with Gasteiger partial charge in [0.2, 0.25) is 0 Å². The molecule has 0 radical (unpaired) electrons. The van der Waals surface area contributed by atoms with Crippen LogP contribution in [0.3, 0.4) is 0 Å². The number of ether oxygens (including phenoxy) is 1. The maximum Gasteiger partial charge on any atom is 0.0510 e. The average Bonchev–Trinajstić information content (AvgIpc) is 2.90. The first-order valence-corrected chi connectivity index (χ1v) is 6.73. The van der Waals surface area contributed by atoms with E-state index in [4.69, 9.17) is 4.74 Å². The van der Waals surface area contributed by atoms with Crippen molar-refractivity contribution in [2.45, 2.75) is 51.5 Å². The van der Waals surface area contributed by atoms with Gasteiger partial charge in [-0.05, 0) is 38.1 Å². The molecular weight excluding hydrogens is 186 g/mol. The van der Waals surface area contributed by atoms with E-state index in [1.807, 2.05) is 0 Å². The van der Waals surface area contributed by atoms with E-state index >= 15 is 0 Å². The molecular formula is C13H25NO. The fraction of sp³-hybridized carbons (Fsp3) is 1.00. The summed E-state index contributed by atoms with van der Waals surface area (Å²) in [5.41, 5.74) is 0. The molecule has 2 atom stereocenters. The van der Waals surface area contributed by atoms with Crippen molar-refractivity contribution < 1.29 is 4.74 Å². The monoisotopic (exact) mass is 211 g/mol. The van der Waals surface area contributed by atoms with Crippen LogP contribution in [-0.2, 0) is 4.74 Å². The van der Waals surface area contributed by atoms with Crippen LogP contribution in [0, 0.1) is 11.8 Å². The third-order valence-electron chi connectivity index (χ3n) is 4.01. The van der Waals surface area contributed by atoms with Gasteiger partial charge < -0.3 is 10.1 Å². The fourth-order valence-corrected chi connectivity index (χ4v) is 3.18. The number of rotatable bonds is 5. The summed E-state index contributed by atoms with van der Waals surface area (Å²) in [6, 6.07) is 0.745. The van der Waals surface area contributed by atoms with E-state index in [1.165, 1.54) is 45.1 Å². The highest BCUT2D eigenvalue weighted by Crippen LogP contribution is 2.33. The molecule has 15 heavy (non-hydrogen) atoms. The number of nitrogens with one attached hydrogen (secondary N) is 1. The minimum Gasteiger partial charge on any atom is -0.381 e. The van der Waals surface area contributed by atoms with Gasteiger partial charge in [0.1, 0.15) is 0 Å². The lowest BCUT2D eigenvalue weighted by Gasteiger charge is -2.29. The highest BCUT2D eigenvalue weighted by molar-refractivity contribution is 4.87. The second-order valence-corrected chi connectivity index (χ2v) is 5.15. The quantitative estimate of drug-likeness (QED) is 0.754. The van der Waals surface area contributed by atoms with Crippen molar-refractivity contribution in [2.75, 3.05) is 19.8 Å². The lowest BCUT2D eigenvalue weighted by molar-refractivity contribution is 0.164. The maximum atomic E-state index is 5.54. The molecule has 1 saturated heterocycles. The molecule has 0 aromatic heterocycles. The van der Waals surface area contributed by atoms with Gasteiger partial charge in [-0.25, -0.2) is 0 Å². The molecule has 2 unspecified atom stereocenters. The predicted octanol–water partition coefficient (Wildman–Crippen LogP) is 2.58. The van der Waals surface area contributed by atoms with Crippen molar-refractivity contribution in [3.8, 4) is 0 Å². The predicted molar refractivity (Wildman–Crippen MR) is 63.0 cm³/mol. The van der Waals surface area contributed by atoms with E-state index in [1.54, 1.807) is 0 Å². The summed E-state index contributed by atoms with van der Waals surface area (Å²) < 4.78 is 5.54. The molecule has 1 saturated carbocycles. The molecule has 1 heterocycles. The smallest absolute Gasteiger partial charge is 0.0510 e. The highest BCUT2D eigenvalue weighted by atomic mass is 16.5. The van der Waals surface area contributed by atoms with E-state index in [-0.39, 0.29) is 0 Å². The van der Waals surface area contributed by atoms with Crippen LogP contribution in [0.25, 0.3) is 0 Å². The van der Waals surface area contributed by atoms with Crippen LogP contribution in [0.4, 0.5) is 0 Å². The van der Waals surface area contributed by atoms with Gasteiger partial charge in [-0.3, -0.25) is 0 Å². The SMILES string of the molecule is CCCNC(C1CCCC1)C1CCOC1. The van der Waals surface area contributed by atoms with Crippen LogP contribution >= 0.6 is 0 Å². The summed E-state index contributed by atoms with van der Waals surface area (Å²) in [4.78, 5) is 0. The minimum absolute atomic E-state index is 0.745. The second kappa shape index (κ2) is 5.86. The summed E-state index contributed by atoms with van der Waals surface area (Å²) in [6.07, 6.45) is 8.30. The van der Waals surface area contributed by atoms with Gasteiger partial charge in [0, 0.05) is 18.6 Å². The molecule has 88 valence electrons. The normalized spacial score (nSPS) is 29.8. The Morgan fingerprint density at radius 2 is 2.00 bits per heavy atom. The van der Waals surface area contributed by atoms with E-state index in [0.717, 1.165) is 31.1 Å². The molecule has 1 N–H and O–H groups in total. The molecule has 0 bridgehead atoms. The van der Waals surface area contributed by atoms with Gasteiger partial charge >= 0.3 is 0 Å². The first-order valence-electron chi connectivity index (χ1n) is 6.73. The molecule has 1 aliphatic carbocycles. The molecule has 0 aromatic rings. The standard InChI is InChI=1S/C13H25NO/c1-2-8-14-13(11-5-3-4-6-11)12-7-9-15-10-12/h11-14H,2-10H2,1H3. The first-order chi connectivity index (χ1) is 7.42. The molecule has 2 heteroatoms. The van der Waals surface area contributed by atoms with Crippen molar-refractivity contribution >= 4 is 0 Å². The van der Waals surface area contributed by atoms with E-state index in [0.29, 0.717) is 0 Å². The zero-order chi connectivity index (χ0) is 10.5. The average molecular weight is 211 g/mol. The Kier molecular flexibility index (Phi) is 4.45. The minimum atomic E-state index is 0.745. The summed E-state index contributed by atoms with van der Waals surface area (Å²) in [5.74, 6) is 1.72. The Balaban J connectivity index is 1.88. The third kappa shape index (κ3) is 2.94. The van der Waals surface area contributed by atoms with E-state index in [2.05, 4.69) is 12.2 Å². The Bertz CT molecular complexity index is 155. The lowest BCUT2D eigenvalue weighted by atomic mass is 9.86. The summed E-state index contributed by atoms with van der Waals surface area (Å²) in [5, 5.41) is 3.77. The zero-order valence-corrected chi connectivity index (χ0v) is 10.0. The first kappa shape index (κ1) is 11.4. The van der Waals surface area contributed by atoms with Crippen LogP contribution in [0.1, 0.15) is 45.4 Å². The van der Waals surface area contributed by atoms with Crippen molar-refractivity contribution in [3.05, 3.63) is 0 Å². The van der Waals surface area contributed by atoms with E-state index in [9.17, 15) is 0 Å². The van der Waals surface area contributed by atoms with Gasteiger partial charge in [0.05, 0.1) is 6.61 Å². The number of hydrogen-bond donors (Lipinski definition) is 1. The molecule has 2 nitrogen and oxygen atoms in total. The molecule has 0 spiro atoms. The van der Waals surface area contributed by atoms with Crippen LogP contribution < -0.4 is 5.32 Å². The Hall–Kier alpha value is -0.0800. The Morgan fingerprint density at radius 3 is 2.60 bits per heavy atom. The van der Waals surface area contributed by atoms with Crippen LogP contribution in [0.2, 0.25) is 0 Å². The lowest BCUT2D eigenvalue weighted by Crippen LogP contribution is -2.42.